The highest BCUT2D eigenvalue weighted by Crippen LogP contribution is 2.25. The first kappa shape index (κ1) is 20.1. The number of hydrogen-bond acceptors (Lipinski definition) is 3. The Bertz CT molecular complexity index is 1090. The molecule has 3 rings (SSSR count). The van der Waals surface area contributed by atoms with E-state index in [4.69, 9.17) is 0 Å². The maximum atomic E-state index is 12.7. The lowest BCUT2D eigenvalue weighted by Gasteiger charge is -2.13. The molecule has 7 heteroatoms. The molecule has 1 amide bonds. The lowest BCUT2D eigenvalue weighted by molar-refractivity contribution is 0.0945. The van der Waals surface area contributed by atoms with Gasteiger partial charge < -0.3 is 9.88 Å². The summed E-state index contributed by atoms with van der Waals surface area (Å²) in [7, 11) is -0.534. The fourth-order valence-corrected chi connectivity index (χ4v) is 4.01. The van der Waals surface area contributed by atoms with Gasteiger partial charge in [0.25, 0.3) is 5.91 Å². The maximum absolute atomic E-state index is 12.7. The van der Waals surface area contributed by atoms with Crippen molar-refractivity contribution in [1.29, 1.82) is 0 Å². The molecule has 0 aliphatic rings. The Labute approximate surface area is 165 Å². The molecule has 3 aromatic rings. The molecule has 0 unspecified atom stereocenters. The second-order valence-electron chi connectivity index (χ2n) is 6.87. The van der Waals surface area contributed by atoms with Crippen molar-refractivity contribution in [3.05, 3.63) is 65.9 Å². The Hall–Kier alpha value is -2.64. The topological polar surface area (TPSA) is 71.4 Å². The normalized spacial score (nSPS) is 11.9. The average molecular weight is 400 g/mol. The molecule has 0 spiro atoms. The van der Waals surface area contributed by atoms with E-state index in [2.05, 4.69) is 5.32 Å². The number of rotatable bonds is 7. The van der Waals surface area contributed by atoms with Gasteiger partial charge in [-0.3, -0.25) is 4.79 Å². The van der Waals surface area contributed by atoms with Crippen LogP contribution in [0, 0.1) is 0 Å². The Balaban J connectivity index is 2.12. The van der Waals surface area contributed by atoms with Crippen LogP contribution in [0.1, 0.15) is 29.4 Å². The second kappa shape index (κ2) is 8.16. The molecule has 28 heavy (non-hydrogen) atoms. The van der Waals surface area contributed by atoms with Gasteiger partial charge in [0.2, 0.25) is 10.0 Å². The highest BCUT2D eigenvalue weighted by atomic mass is 32.2. The third-order valence-corrected chi connectivity index (χ3v) is 6.41. The number of carbonyl (C=O) groups is 1. The van der Waals surface area contributed by atoms with Crippen LogP contribution in [0.2, 0.25) is 0 Å². The van der Waals surface area contributed by atoms with Crippen LogP contribution in [0.4, 0.5) is 0 Å². The van der Waals surface area contributed by atoms with Crippen LogP contribution < -0.4 is 5.32 Å². The summed E-state index contributed by atoms with van der Waals surface area (Å²) in [6.07, 6.45) is 0.843. The van der Waals surface area contributed by atoms with E-state index in [1.165, 1.54) is 18.4 Å². The van der Waals surface area contributed by atoms with Crippen LogP contribution in [0.15, 0.2) is 59.5 Å². The van der Waals surface area contributed by atoms with Gasteiger partial charge in [0.05, 0.1) is 4.90 Å². The van der Waals surface area contributed by atoms with Gasteiger partial charge >= 0.3 is 0 Å². The Morgan fingerprint density at radius 3 is 2.43 bits per heavy atom. The van der Waals surface area contributed by atoms with Crippen molar-refractivity contribution in [1.82, 2.24) is 14.2 Å². The van der Waals surface area contributed by atoms with Gasteiger partial charge in [-0.25, -0.2) is 12.7 Å². The van der Waals surface area contributed by atoms with Gasteiger partial charge in [-0.1, -0.05) is 37.3 Å². The molecule has 1 aromatic heterocycles. The molecule has 0 saturated carbocycles. The molecule has 1 N–H and O–H groups in total. The quantitative estimate of drug-likeness (QED) is 0.664. The monoisotopic (exact) mass is 399 g/mol. The average Bonchev–Trinajstić information content (AvgIpc) is 3.04. The molecule has 6 nitrogen and oxygen atoms in total. The summed E-state index contributed by atoms with van der Waals surface area (Å²) in [5, 5.41) is 3.64. The van der Waals surface area contributed by atoms with Crippen molar-refractivity contribution in [3.8, 4) is 0 Å². The van der Waals surface area contributed by atoms with Gasteiger partial charge in [-0.15, -0.1) is 0 Å². The first-order valence-corrected chi connectivity index (χ1v) is 10.7. The highest BCUT2D eigenvalue weighted by Gasteiger charge is 2.21. The molecule has 0 aliphatic carbocycles. The minimum absolute atomic E-state index is 0.161. The number of fused-ring (bicyclic) bond motifs is 1. The van der Waals surface area contributed by atoms with E-state index in [0.29, 0.717) is 18.8 Å². The molecule has 2 aromatic carbocycles. The van der Waals surface area contributed by atoms with Crippen molar-refractivity contribution in [2.45, 2.75) is 24.8 Å². The van der Waals surface area contributed by atoms with Crippen LogP contribution >= 0.6 is 0 Å². The minimum Gasteiger partial charge on any atom is -0.351 e. The summed E-state index contributed by atoms with van der Waals surface area (Å²) < 4.78 is 28.1. The number of aromatic nitrogens is 1. The summed E-state index contributed by atoms with van der Waals surface area (Å²) in [6, 6.07) is 16.6. The lowest BCUT2D eigenvalue weighted by atomic mass is 10.2. The Morgan fingerprint density at radius 2 is 1.79 bits per heavy atom. The van der Waals surface area contributed by atoms with Crippen molar-refractivity contribution in [2.24, 2.45) is 0 Å². The lowest BCUT2D eigenvalue weighted by Crippen LogP contribution is -2.26. The van der Waals surface area contributed by atoms with Gasteiger partial charge in [-0.05, 0) is 36.2 Å². The SMILES string of the molecule is CCCNC(=O)c1cc2cc(S(=O)(=O)N(C)C)ccc2n1Cc1ccccc1. The summed E-state index contributed by atoms with van der Waals surface area (Å²) in [6.45, 7) is 3.11. The van der Waals surface area contributed by atoms with Gasteiger partial charge in [0.15, 0.2) is 0 Å². The minimum atomic E-state index is -3.54. The molecule has 0 fully saturated rings. The van der Waals surface area contributed by atoms with Crippen LogP contribution in [0.25, 0.3) is 10.9 Å². The van der Waals surface area contributed by atoms with E-state index in [9.17, 15) is 13.2 Å². The molecule has 1 heterocycles. The maximum Gasteiger partial charge on any atom is 0.267 e. The molecular weight excluding hydrogens is 374 g/mol. The summed E-state index contributed by atoms with van der Waals surface area (Å²) in [5.74, 6) is -0.161. The number of nitrogens with one attached hydrogen (secondary N) is 1. The summed E-state index contributed by atoms with van der Waals surface area (Å²) in [5.41, 5.74) is 2.41. The third-order valence-electron chi connectivity index (χ3n) is 4.60. The number of hydrogen-bond donors (Lipinski definition) is 1. The Morgan fingerprint density at radius 1 is 1.07 bits per heavy atom. The fraction of sp³-hybridized carbons (Fsp3) is 0.286. The van der Waals surface area contributed by atoms with Crippen LogP contribution in [-0.4, -0.2) is 43.8 Å². The third kappa shape index (κ3) is 3.95. The van der Waals surface area contributed by atoms with Gasteiger partial charge in [0, 0.05) is 38.1 Å². The van der Waals surface area contributed by atoms with Crippen LogP contribution in [0.5, 0.6) is 0 Å². The first-order chi connectivity index (χ1) is 13.3. The number of sulfonamides is 1. The van der Waals surface area contributed by atoms with E-state index in [-0.39, 0.29) is 10.8 Å². The zero-order chi connectivity index (χ0) is 20.3. The first-order valence-electron chi connectivity index (χ1n) is 9.22. The van der Waals surface area contributed by atoms with E-state index in [1.807, 2.05) is 41.8 Å². The zero-order valence-corrected chi connectivity index (χ0v) is 17.2. The second-order valence-corrected chi connectivity index (χ2v) is 9.02. The van der Waals surface area contributed by atoms with E-state index in [0.717, 1.165) is 22.9 Å². The van der Waals surface area contributed by atoms with E-state index in [1.54, 1.807) is 24.3 Å². The summed E-state index contributed by atoms with van der Waals surface area (Å²) >= 11 is 0. The standard InChI is InChI=1S/C21H25N3O3S/c1-4-12-22-21(25)20-14-17-13-18(28(26,27)23(2)3)10-11-19(17)24(20)15-16-8-6-5-7-9-16/h5-11,13-14H,4,12,15H2,1-3H3,(H,22,25). The largest absolute Gasteiger partial charge is 0.351 e. The zero-order valence-electron chi connectivity index (χ0n) is 16.3. The van der Waals surface area contributed by atoms with Crippen molar-refractivity contribution < 1.29 is 13.2 Å². The van der Waals surface area contributed by atoms with E-state index < -0.39 is 10.0 Å². The fourth-order valence-electron chi connectivity index (χ4n) is 3.07. The summed E-state index contributed by atoms with van der Waals surface area (Å²) in [4.78, 5) is 12.9. The van der Waals surface area contributed by atoms with Crippen molar-refractivity contribution in [3.63, 3.8) is 0 Å². The van der Waals surface area contributed by atoms with E-state index >= 15 is 0 Å². The number of benzene rings is 2. The number of amides is 1. The van der Waals surface area contributed by atoms with Crippen LogP contribution in [0.3, 0.4) is 0 Å². The smallest absolute Gasteiger partial charge is 0.267 e. The molecular formula is C21H25N3O3S. The Kier molecular flexibility index (Phi) is 5.86. The molecule has 0 aliphatic heterocycles. The van der Waals surface area contributed by atoms with Crippen molar-refractivity contribution in [2.75, 3.05) is 20.6 Å². The number of nitrogens with zero attached hydrogens (tertiary/aromatic N) is 2. The van der Waals surface area contributed by atoms with Gasteiger partial charge in [0.1, 0.15) is 5.69 Å². The van der Waals surface area contributed by atoms with Gasteiger partial charge in [-0.2, -0.15) is 0 Å². The molecule has 0 atom stereocenters. The predicted octanol–water partition coefficient (Wildman–Crippen LogP) is 3.08. The molecule has 0 saturated heterocycles. The highest BCUT2D eigenvalue weighted by molar-refractivity contribution is 7.89. The predicted molar refractivity (Wildman–Crippen MR) is 111 cm³/mol. The van der Waals surface area contributed by atoms with Crippen LogP contribution in [-0.2, 0) is 16.6 Å². The molecule has 148 valence electrons. The number of carbonyl (C=O) groups excluding carboxylic acids is 1. The van der Waals surface area contributed by atoms with Crippen molar-refractivity contribution >= 4 is 26.8 Å². The molecule has 0 bridgehead atoms. The molecule has 0 radical (unpaired) electrons.